The van der Waals surface area contributed by atoms with E-state index in [9.17, 15) is 22.7 Å². The van der Waals surface area contributed by atoms with Crippen LogP contribution in [0.4, 0.5) is 46.8 Å². The molecule has 2 aromatic carbocycles. The minimum Gasteiger partial charge on any atom is -0.391 e. The van der Waals surface area contributed by atoms with Gasteiger partial charge < -0.3 is 20.6 Å². The van der Waals surface area contributed by atoms with Gasteiger partial charge in [-0.3, -0.25) is 0 Å². The number of aliphatic hydroxyl groups is 1. The zero-order valence-corrected chi connectivity index (χ0v) is 16.1. The number of alkyl halides is 3. The van der Waals surface area contributed by atoms with Crippen molar-refractivity contribution in [3.8, 4) is 0 Å². The van der Waals surface area contributed by atoms with Crippen LogP contribution in [0.2, 0.25) is 0 Å². The van der Waals surface area contributed by atoms with Crippen LogP contribution < -0.4 is 15.5 Å². The van der Waals surface area contributed by atoms with Crippen molar-refractivity contribution < 1.29 is 22.7 Å². The van der Waals surface area contributed by atoms with Gasteiger partial charge >= 0.3 is 6.18 Å². The fourth-order valence-electron chi connectivity index (χ4n) is 3.13. The SMILES string of the molecule is OC1CCN(c2nc(Nc3cccc(C(F)(F)F)c3)nc(Nc3ccccc3F)n2)C1. The van der Waals surface area contributed by atoms with Gasteiger partial charge in [-0.1, -0.05) is 18.2 Å². The third kappa shape index (κ3) is 5.00. The molecule has 1 atom stereocenters. The van der Waals surface area contributed by atoms with Gasteiger partial charge in [0.25, 0.3) is 0 Å². The van der Waals surface area contributed by atoms with Crippen molar-refractivity contribution in [2.24, 2.45) is 0 Å². The maximum atomic E-state index is 14.0. The molecular formula is C20H18F4N6O. The minimum absolute atomic E-state index is 0.00552. The molecule has 1 aliphatic heterocycles. The third-order valence-corrected chi connectivity index (χ3v) is 4.64. The van der Waals surface area contributed by atoms with E-state index in [1.807, 2.05) is 0 Å². The predicted molar refractivity (Wildman–Crippen MR) is 107 cm³/mol. The van der Waals surface area contributed by atoms with E-state index < -0.39 is 23.7 Å². The first kappa shape index (κ1) is 20.8. The monoisotopic (exact) mass is 434 g/mol. The predicted octanol–water partition coefficient (Wildman–Crippen LogP) is 4.09. The van der Waals surface area contributed by atoms with E-state index in [4.69, 9.17) is 0 Å². The molecule has 1 saturated heterocycles. The number of β-amino-alcohol motifs (C(OH)–C–C–N with tert-alkyl or cyclic N) is 1. The second-order valence-electron chi connectivity index (χ2n) is 6.98. The number of para-hydroxylation sites is 1. The van der Waals surface area contributed by atoms with Gasteiger partial charge in [-0.25, -0.2) is 4.39 Å². The number of aliphatic hydroxyl groups excluding tert-OH is 1. The van der Waals surface area contributed by atoms with E-state index in [1.54, 1.807) is 11.0 Å². The summed E-state index contributed by atoms with van der Waals surface area (Å²) in [5, 5.41) is 15.3. The number of benzene rings is 2. The van der Waals surface area contributed by atoms with E-state index in [0.29, 0.717) is 19.5 Å². The van der Waals surface area contributed by atoms with E-state index in [-0.39, 0.29) is 29.2 Å². The average Bonchev–Trinajstić information content (AvgIpc) is 3.16. The van der Waals surface area contributed by atoms with Gasteiger partial charge in [-0.05, 0) is 36.8 Å². The van der Waals surface area contributed by atoms with Crippen molar-refractivity contribution in [3.05, 3.63) is 59.9 Å². The third-order valence-electron chi connectivity index (χ3n) is 4.64. The van der Waals surface area contributed by atoms with E-state index >= 15 is 0 Å². The number of nitrogens with zero attached hydrogens (tertiary/aromatic N) is 4. The van der Waals surface area contributed by atoms with Gasteiger partial charge in [-0.2, -0.15) is 28.1 Å². The van der Waals surface area contributed by atoms with Crippen molar-refractivity contribution in [2.45, 2.75) is 18.7 Å². The average molecular weight is 434 g/mol. The minimum atomic E-state index is -4.49. The lowest BCUT2D eigenvalue weighted by atomic mass is 10.2. The molecule has 7 nitrogen and oxygen atoms in total. The van der Waals surface area contributed by atoms with Crippen LogP contribution >= 0.6 is 0 Å². The first-order chi connectivity index (χ1) is 14.8. The Balaban J connectivity index is 1.67. The molecule has 162 valence electrons. The van der Waals surface area contributed by atoms with Crippen LogP contribution in [0.25, 0.3) is 0 Å². The Morgan fingerprint density at radius 3 is 2.39 bits per heavy atom. The second-order valence-corrected chi connectivity index (χ2v) is 6.98. The fourth-order valence-corrected chi connectivity index (χ4v) is 3.13. The number of hydrogen-bond acceptors (Lipinski definition) is 7. The summed E-state index contributed by atoms with van der Waals surface area (Å²) < 4.78 is 53.1. The fraction of sp³-hybridized carbons (Fsp3) is 0.250. The highest BCUT2D eigenvalue weighted by molar-refractivity contribution is 5.60. The molecule has 0 aliphatic carbocycles. The second kappa shape index (κ2) is 8.34. The smallest absolute Gasteiger partial charge is 0.391 e. The summed E-state index contributed by atoms with van der Waals surface area (Å²) in [6.07, 6.45) is -4.51. The van der Waals surface area contributed by atoms with Gasteiger partial charge in [0.1, 0.15) is 5.82 Å². The van der Waals surface area contributed by atoms with Crippen molar-refractivity contribution in [1.29, 1.82) is 0 Å². The van der Waals surface area contributed by atoms with Crippen LogP contribution in [0.3, 0.4) is 0 Å². The normalized spacial score (nSPS) is 16.4. The number of anilines is 5. The van der Waals surface area contributed by atoms with Gasteiger partial charge in [0.15, 0.2) is 0 Å². The Hall–Kier alpha value is -3.47. The molecule has 0 amide bonds. The molecule has 0 bridgehead atoms. The highest BCUT2D eigenvalue weighted by atomic mass is 19.4. The highest BCUT2D eigenvalue weighted by Gasteiger charge is 2.30. The first-order valence-corrected chi connectivity index (χ1v) is 9.43. The van der Waals surface area contributed by atoms with Crippen LogP contribution in [0.5, 0.6) is 0 Å². The molecule has 1 aromatic heterocycles. The van der Waals surface area contributed by atoms with Crippen molar-refractivity contribution in [3.63, 3.8) is 0 Å². The van der Waals surface area contributed by atoms with E-state index in [0.717, 1.165) is 12.1 Å². The Morgan fingerprint density at radius 2 is 1.71 bits per heavy atom. The summed E-state index contributed by atoms with van der Waals surface area (Å²) in [6, 6.07) is 10.5. The van der Waals surface area contributed by atoms with Gasteiger partial charge in [0.05, 0.1) is 17.4 Å². The first-order valence-electron chi connectivity index (χ1n) is 9.43. The number of hydrogen-bond donors (Lipinski definition) is 3. The summed E-state index contributed by atoms with van der Waals surface area (Å²) in [6.45, 7) is 0.791. The van der Waals surface area contributed by atoms with Crippen molar-refractivity contribution >= 4 is 29.2 Å². The molecule has 31 heavy (non-hydrogen) atoms. The molecule has 2 heterocycles. The number of aromatic nitrogens is 3. The topological polar surface area (TPSA) is 86.2 Å². The van der Waals surface area contributed by atoms with Crippen LogP contribution in [-0.2, 0) is 6.18 Å². The molecule has 0 spiro atoms. The summed E-state index contributed by atoms with van der Waals surface area (Å²) in [7, 11) is 0. The number of rotatable bonds is 5. The standard InChI is InChI=1S/C20H18F4N6O/c21-15-6-1-2-7-16(15)26-18-27-17(28-19(29-18)30-9-8-14(31)11-30)25-13-5-3-4-12(10-13)20(22,23)24/h1-7,10,14,31H,8-9,11H2,(H2,25,26,27,28,29). The quantitative estimate of drug-likeness (QED) is 0.522. The lowest BCUT2D eigenvalue weighted by Gasteiger charge is -2.18. The lowest BCUT2D eigenvalue weighted by molar-refractivity contribution is -0.137. The summed E-state index contributed by atoms with van der Waals surface area (Å²) >= 11 is 0. The molecule has 1 aliphatic rings. The molecule has 1 unspecified atom stereocenters. The summed E-state index contributed by atoms with van der Waals surface area (Å²) in [5.74, 6) is -0.330. The zero-order valence-electron chi connectivity index (χ0n) is 16.1. The van der Waals surface area contributed by atoms with Crippen LogP contribution in [0.1, 0.15) is 12.0 Å². The molecule has 3 aromatic rings. The Morgan fingerprint density at radius 1 is 0.968 bits per heavy atom. The maximum absolute atomic E-state index is 14.0. The largest absolute Gasteiger partial charge is 0.416 e. The molecular weight excluding hydrogens is 416 g/mol. The van der Waals surface area contributed by atoms with Gasteiger partial charge in [-0.15, -0.1) is 0 Å². The van der Waals surface area contributed by atoms with Gasteiger partial charge in [0, 0.05) is 18.8 Å². The summed E-state index contributed by atoms with van der Waals surface area (Å²) in [5.41, 5.74) is -0.560. The number of nitrogens with one attached hydrogen (secondary N) is 2. The Labute approximate surface area is 174 Å². The van der Waals surface area contributed by atoms with Crippen LogP contribution in [0, 0.1) is 5.82 Å². The zero-order chi connectivity index (χ0) is 22.0. The highest BCUT2D eigenvalue weighted by Crippen LogP contribution is 2.31. The van der Waals surface area contributed by atoms with Gasteiger partial charge in [0.2, 0.25) is 17.8 Å². The van der Waals surface area contributed by atoms with Crippen LogP contribution in [-0.4, -0.2) is 39.3 Å². The lowest BCUT2D eigenvalue weighted by Crippen LogP contribution is -2.24. The van der Waals surface area contributed by atoms with E-state index in [1.165, 1.54) is 30.3 Å². The number of halogens is 4. The molecule has 0 radical (unpaired) electrons. The Kier molecular flexibility index (Phi) is 5.59. The van der Waals surface area contributed by atoms with Crippen molar-refractivity contribution in [2.75, 3.05) is 28.6 Å². The summed E-state index contributed by atoms with van der Waals surface area (Å²) in [4.78, 5) is 14.4. The van der Waals surface area contributed by atoms with Crippen molar-refractivity contribution in [1.82, 2.24) is 15.0 Å². The molecule has 4 rings (SSSR count). The Bertz CT molecular complexity index is 1080. The van der Waals surface area contributed by atoms with Crippen LogP contribution in [0.15, 0.2) is 48.5 Å². The molecule has 1 fully saturated rings. The molecule has 3 N–H and O–H groups in total. The molecule has 0 saturated carbocycles. The van der Waals surface area contributed by atoms with E-state index in [2.05, 4.69) is 25.6 Å². The maximum Gasteiger partial charge on any atom is 0.416 e. The molecule has 11 heteroatoms.